The van der Waals surface area contributed by atoms with Gasteiger partial charge in [0.05, 0.1) is 9.79 Å². The van der Waals surface area contributed by atoms with E-state index in [9.17, 15) is 16.8 Å². The SMILES string of the molecule is CCN(CC)c1sc(S(=O)(=O)c2ccc(C)cc2)nc1S(=O)(=O)c1ccc(C)cc1. The lowest BCUT2D eigenvalue weighted by Gasteiger charge is -2.19. The van der Waals surface area contributed by atoms with Crippen LogP contribution < -0.4 is 4.90 Å². The molecule has 0 bridgehead atoms. The highest BCUT2D eigenvalue weighted by molar-refractivity contribution is 7.94. The van der Waals surface area contributed by atoms with Gasteiger partial charge >= 0.3 is 0 Å². The zero-order chi connectivity index (χ0) is 22.1. The average molecular weight is 465 g/mol. The molecule has 0 aliphatic rings. The molecule has 0 unspecified atom stereocenters. The van der Waals surface area contributed by atoms with Gasteiger partial charge in [0.1, 0.15) is 5.00 Å². The van der Waals surface area contributed by atoms with Crippen LogP contribution in [0.15, 0.2) is 67.7 Å². The number of aryl methyl sites for hydroxylation is 2. The van der Waals surface area contributed by atoms with Crippen molar-refractivity contribution in [1.82, 2.24) is 4.98 Å². The molecule has 0 fully saturated rings. The van der Waals surface area contributed by atoms with Crippen LogP contribution in [0.3, 0.4) is 0 Å². The van der Waals surface area contributed by atoms with Crippen molar-refractivity contribution in [3.05, 3.63) is 59.7 Å². The smallest absolute Gasteiger partial charge is 0.233 e. The highest BCUT2D eigenvalue weighted by Crippen LogP contribution is 2.38. The predicted octanol–water partition coefficient (Wildman–Crippen LogP) is 4.27. The van der Waals surface area contributed by atoms with E-state index in [0.717, 1.165) is 22.5 Å². The Morgan fingerprint density at radius 1 is 0.767 bits per heavy atom. The molecule has 0 N–H and O–H groups in total. The van der Waals surface area contributed by atoms with Crippen molar-refractivity contribution in [3.8, 4) is 0 Å². The number of thiazole rings is 1. The molecule has 0 saturated carbocycles. The predicted molar refractivity (Wildman–Crippen MR) is 119 cm³/mol. The van der Waals surface area contributed by atoms with Crippen molar-refractivity contribution in [1.29, 1.82) is 0 Å². The first kappa shape index (κ1) is 22.5. The van der Waals surface area contributed by atoms with E-state index in [1.165, 1.54) is 24.3 Å². The summed E-state index contributed by atoms with van der Waals surface area (Å²) in [5.74, 6) is 0. The molecule has 0 amide bonds. The van der Waals surface area contributed by atoms with Crippen LogP contribution in [0.2, 0.25) is 0 Å². The van der Waals surface area contributed by atoms with Crippen LogP contribution in [0.5, 0.6) is 0 Å². The van der Waals surface area contributed by atoms with Crippen LogP contribution >= 0.6 is 11.3 Å². The van der Waals surface area contributed by atoms with Gasteiger partial charge in [-0.1, -0.05) is 46.7 Å². The van der Waals surface area contributed by atoms with Gasteiger partial charge in [-0.2, -0.15) is 0 Å². The highest BCUT2D eigenvalue weighted by Gasteiger charge is 2.33. The van der Waals surface area contributed by atoms with E-state index in [0.29, 0.717) is 18.1 Å². The van der Waals surface area contributed by atoms with E-state index in [4.69, 9.17) is 0 Å². The topological polar surface area (TPSA) is 84.4 Å². The molecule has 9 heteroatoms. The Bertz CT molecular complexity index is 1240. The zero-order valence-electron chi connectivity index (χ0n) is 17.3. The first-order chi connectivity index (χ1) is 14.1. The summed E-state index contributed by atoms with van der Waals surface area (Å²) in [6, 6.07) is 12.9. The largest absolute Gasteiger partial charge is 0.362 e. The summed E-state index contributed by atoms with van der Waals surface area (Å²) in [5, 5.41) is 0.122. The molecule has 2 aromatic carbocycles. The third kappa shape index (κ3) is 4.14. The van der Waals surface area contributed by atoms with Crippen LogP contribution in [0.25, 0.3) is 0 Å². The Morgan fingerprint density at radius 2 is 1.20 bits per heavy atom. The average Bonchev–Trinajstić information content (AvgIpc) is 3.17. The van der Waals surface area contributed by atoms with Crippen molar-refractivity contribution in [2.45, 2.75) is 46.9 Å². The summed E-state index contributed by atoms with van der Waals surface area (Å²) >= 11 is 0.895. The second-order valence-corrected chi connectivity index (χ2v) is 11.9. The van der Waals surface area contributed by atoms with E-state index < -0.39 is 19.7 Å². The van der Waals surface area contributed by atoms with Crippen LogP contribution in [0.1, 0.15) is 25.0 Å². The van der Waals surface area contributed by atoms with Gasteiger partial charge in [0.2, 0.25) is 24.0 Å². The minimum atomic E-state index is -3.99. The molecule has 0 aliphatic heterocycles. The van der Waals surface area contributed by atoms with Crippen LogP contribution in [0.4, 0.5) is 5.00 Å². The fourth-order valence-corrected chi connectivity index (χ4v) is 7.48. The Labute approximate surface area is 182 Å². The lowest BCUT2D eigenvalue weighted by Crippen LogP contribution is -2.22. The standard InChI is InChI=1S/C21H24N2O4S3/c1-5-23(6-2)20-19(29(24,25)17-11-7-15(3)8-12-17)22-21(28-20)30(26,27)18-13-9-16(4)10-14-18/h7-14H,5-6H2,1-4H3. The van der Waals surface area contributed by atoms with Crippen molar-refractivity contribution in [3.63, 3.8) is 0 Å². The number of hydrogen-bond donors (Lipinski definition) is 0. The highest BCUT2D eigenvalue weighted by atomic mass is 32.2. The van der Waals surface area contributed by atoms with Gasteiger partial charge in [-0.15, -0.1) is 0 Å². The Balaban J connectivity index is 2.21. The van der Waals surface area contributed by atoms with Crippen molar-refractivity contribution >= 4 is 36.0 Å². The first-order valence-corrected chi connectivity index (χ1v) is 13.3. The van der Waals surface area contributed by atoms with Crippen molar-refractivity contribution in [2.24, 2.45) is 0 Å². The number of sulfone groups is 2. The van der Waals surface area contributed by atoms with E-state index in [1.54, 1.807) is 24.3 Å². The fourth-order valence-electron chi connectivity index (χ4n) is 2.93. The van der Waals surface area contributed by atoms with Gasteiger partial charge in [0.25, 0.3) is 0 Å². The summed E-state index contributed by atoms with van der Waals surface area (Å²) in [7, 11) is -7.93. The molecule has 3 aromatic rings. The van der Waals surface area contributed by atoms with Crippen molar-refractivity contribution in [2.75, 3.05) is 18.0 Å². The summed E-state index contributed by atoms with van der Waals surface area (Å²) in [5.41, 5.74) is 1.86. The lowest BCUT2D eigenvalue weighted by atomic mass is 10.2. The van der Waals surface area contributed by atoms with Crippen molar-refractivity contribution < 1.29 is 16.8 Å². The van der Waals surface area contributed by atoms with Gasteiger partial charge in [-0.25, -0.2) is 21.8 Å². The molecule has 0 radical (unpaired) electrons. The van der Waals surface area contributed by atoms with E-state index >= 15 is 0 Å². The number of benzene rings is 2. The lowest BCUT2D eigenvalue weighted by molar-refractivity contribution is 0.589. The molecular formula is C21H24N2O4S3. The molecule has 30 heavy (non-hydrogen) atoms. The normalized spacial score (nSPS) is 12.1. The Morgan fingerprint density at radius 3 is 1.63 bits per heavy atom. The van der Waals surface area contributed by atoms with Gasteiger partial charge < -0.3 is 4.90 Å². The maximum absolute atomic E-state index is 13.3. The molecule has 1 heterocycles. The summed E-state index contributed by atoms with van der Waals surface area (Å²) in [4.78, 5) is 6.16. The quantitative estimate of drug-likeness (QED) is 0.519. The van der Waals surface area contributed by atoms with Gasteiger partial charge in [-0.3, -0.25) is 0 Å². The van der Waals surface area contributed by atoms with E-state index in [2.05, 4.69) is 4.98 Å². The van der Waals surface area contributed by atoms with E-state index in [1.807, 2.05) is 32.6 Å². The van der Waals surface area contributed by atoms with Gasteiger partial charge in [0.15, 0.2) is 5.03 Å². The molecule has 0 atom stereocenters. The minimum absolute atomic E-state index is 0.0890. The minimum Gasteiger partial charge on any atom is -0.362 e. The second-order valence-electron chi connectivity index (χ2n) is 6.90. The molecule has 0 spiro atoms. The molecule has 1 aromatic heterocycles. The van der Waals surface area contributed by atoms with Gasteiger partial charge in [0, 0.05) is 13.1 Å². The number of hydrogen-bond acceptors (Lipinski definition) is 7. The maximum Gasteiger partial charge on any atom is 0.233 e. The Kier molecular flexibility index (Phi) is 6.35. The van der Waals surface area contributed by atoms with Crippen LogP contribution in [-0.4, -0.2) is 34.9 Å². The summed E-state index contributed by atoms with van der Waals surface area (Å²) < 4.78 is 52.8. The third-order valence-electron chi connectivity index (χ3n) is 4.76. The molecule has 3 rings (SSSR count). The summed E-state index contributed by atoms with van der Waals surface area (Å²) in [6.07, 6.45) is 0. The number of rotatable bonds is 7. The number of nitrogens with zero attached hydrogens (tertiary/aromatic N) is 2. The fraction of sp³-hybridized carbons (Fsp3) is 0.286. The molecule has 160 valence electrons. The summed E-state index contributed by atoms with van der Waals surface area (Å²) in [6.45, 7) is 8.56. The van der Waals surface area contributed by atoms with Crippen LogP contribution in [-0.2, 0) is 19.7 Å². The molecule has 0 aliphatic carbocycles. The second kappa shape index (κ2) is 8.49. The third-order valence-corrected chi connectivity index (χ3v) is 9.84. The van der Waals surface area contributed by atoms with E-state index in [-0.39, 0.29) is 19.2 Å². The zero-order valence-corrected chi connectivity index (χ0v) is 19.7. The monoisotopic (exact) mass is 464 g/mol. The molecule has 6 nitrogen and oxygen atoms in total. The number of aromatic nitrogens is 1. The van der Waals surface area contributed by atoms with Crippen LogP contribution in [0, 0.1) is 13.8 Å². The number of anilines is 1. The molecular weight excluding hydrogens is 440 g/mol. The Hall–Kier alpha value is -2.23. The first-order valence-electron chi connectivity index (χ1n) is 9.50. The molecule has 0 saturated heterocycles. The maximum atomic E-state index is 13.3. The van der Waals surface area contributed by atoms with Gasteiger partial charge in [-0.05, 0) is 52.0 Å².